The predicted molar refractivity (Wildman–Crippen MR) is 75.5 cm³/mol. The zero-order valence-electron chi connectivity index (χ0n) is 12.4. The van der Waals surface area contributed by atoms with Gasteiger partial charge in [0.25, 0.3) is 0 Å². The number of hydrogen-bond donors (Lipinski definition) is 2. The number of nitrogens with one attached hydrogen (secondary N) is 1. The summed E-state index contributed by atoms with van der Waals surface area (Å²) in [5, 5.41) is 3.03. The van der Waals surface area contributed by atoms with Crippen molar-refractivity contribution in [3.05, 3.63) is 0 Å². The summed E-state index contributed by atoms with van der Waals surface area (Å²) in [5.41, 5.74) is 5.64. The lowest BCUT2D eigenvalue weighted by atomic mass is 9.88. The standard InChI is InChI=1S/C14H29N3O/c1-13(2,3)16-12(18)17(4)14(11-15)9-7-5-6-8-10-14/h5-11,15H2,1-4H3,(H,16,18). The molecular formula is C14H29N3O. The summed E-state index contributed by atoms with van der Waals surface area (Å²) < 4.78 is 0. The van der Waals surface area contributed by atoms with Gasteiger partial charge >= 0.3 is 6.03 Å². The molecule has 0 heterocycles. The van der Waals surface area contributed by atoms with Crippen LogP contribution >= 0.6 is 0 Å². The van der Waals surface area contributed by atoms with Crippen LogP contribution in [0.25, 0.3) is 0 Å². The Morgan fingerprint density at radius 2 is 1.72 bits per heavy atom. The molecule has 106 valence electrons. The van der Waals surface area contributed by atoms with Crippen LogP contribution in [0.3, 0.4) is 0 Å². The van der Waals surface area contributed by atoms with Gasteiger partial charge in [0.05, 0.1) is 5.54 Å². The monoisotopic (exact) mass is 255 g/mol. The molecule has 4 heteroatoms. The maximum Gasteiger partial charge on any atom is 0.318 e. The van der Waals surface area contributed by atoms with Crippen molar-refractivity contribution in [3.8, 4) is 0 Å². The molecule has 0 aromatic rings. The van der Waals surface area contributed by atoms with Crippen molar-refractivity contribution in [3.63, 3.8) is 0 Å². The average molecular weight is 255 g/mol. The SMILES string of the molecule is CN(C(=O)NC(C)(C)C)C1(CN)CCCCCC1. The Bertz CT molecular complexity index is 275. The zero-order valence-corrected chi connectivity index (χ0v) is 12.4. The quantitative estimate of drug-likeness (QED) is 0.745. The Balaban J connectivity index is 2.76. The van der Waals surface area contributed by atoms with Crippen molar-refractivity contribution < 1.29 is 4.79 Å². The second kappa shape index (κ2) is 5.91. The number of nitrogens with two attached hydrogens (primary N) is 1. The third kappa shape index (κ3) is 3.87. The molecule has 1 aliphatic rings. The van der Waals surface area contributed by atoms with E-state index in [1.165, 1.54) is 25.7 Å². The minimum Gasteiger partial charge on any atom is -0.333 e. The highest BCUT2D eigenvalue weighted by Crippen LogP contribution is 2.31. The fraction of sp³-hybridized carbons (Fsp3) is 0.929. The molecule has 0 aromatic heterocycles. The molecular weight excluding hydrogens is 226 g/mol. The average Bonchev–Trinajstić information content (AvgIpc) is 2.51. The summed E-state index contributed by atoms with van der Waals surface area (Å²) in [4.78, 5) is 14.1. The number of rotatable bonds is 2. The van der Waals surface area contributed by atoms with Crippen LogP contribution in [0, 0.1) is 0 Å². The van der Waals surface area contributed by atoms with Crippen LogP contribution in [0.15, 0.2) is 0 Å². The highest BCUT2D eigenvalue weighted by Gasteiger charge is 2.37. The molecule has 1 fully saturated rings. The summed E-state index contributed by atoms with van der Waals surface area (Å²) in [6.07, 6.45) is 6.91. The first-order valence-electron chi connectivity index (χ1n) is 7.07. The number of urea groups is 1. The molecule has 0 saturated heterocycles. The van der Waals surface area contributed by atoms with Crippen LogP contribution in [0.5, 0.6) is 0 Å². The van der Waals surface area contributed by atoms with Crippen molar-refractivity contribution in [1.82, 2.24) is 10.2 Å². The van der Waals surface area contributed by atoms with Crippen molar-refractivity contribution in [1.29, 1.82) is 0 Å². The summed E-state index contributed by atoms with van der Waals surface area (Å²) in [6.45, 7) is 6.56. The Morgan fingerprint density at radius 1 is 1.22 bits per heavy atom. The van der Waals surface area contributed by atoms with Gasteiger partial charge in [-0.2, -0.15) is 0 Å². The first-order chi connectivity index (χ1) is 8.31. The van der Waals surface area contributed by atoms with E-state index in [0.29, 0.717) is 6.54 Å². The number of hydrogen-bond acceptors (Lipinski definition) is 2. The molecule has 1 aliphatic carbocycles. The van der Waals surface area contributed by atoms with Crippen LogP contribution < -0.4 is 11.1 Å². The topological polar surface area (TPSA) is 58.4 Å². The highest BCUT2D eigenvalue weighted by atomic mass is 16.2. The van der Waals surface area contributed by atoms with Crippen LogP contribution in [-0.4, -0.2) is 35.6 Å². The van der Waals surface area contributed by atoms with Crippen molar-refractivity contribution in [2.24, 2.45) is 5.73 Å². The molecule has 3 N–H and O–H groups in total. The van der Waals surface area contributed by atoms with Gasteiger partial charge in [-0.15, -0.1) is 0 Å². The molecule has 2 amide bonds. The van der Waals surface area contributed by atoms with Crippen LogP contribution in [0.2, 0.25) is 0 Å². The van der Waals surface area contributed by atoms with Crippen LogP contribution in [0.1, 0.15) is 59.3 Å². The third-order valence-electron chi connectivity index (χ3n) is 3.91. The Kier molecular flexibility index (Phi) is 5.02. The van der Waals surface area contributed by atoms with Gasteiger partial charge < -0.3 is 16.0 Å². The van der Waals surface area contributed by atoms with Crippen LogP contribution in [0.4, 0.5) is 4.79 Å². The maximum absolute atomic E-state index is 12.3. The van der Waals surface area contributed by atoms with Gasteiger partial charge in [-0.3, -0.25) is 0 Å². The van der Waals surface area contributed by atoms with E-state index >= 15 is 0 Å². The van der Waals surface area contributed by atoms with Gasteiger partial charge in [-0.05, 0) is 33.6 Å². The smallest absolute Gasteiger partial charge is 0.318 e. The number of amides is 2. The fourth-order valence-electron chi connectivity index (χ4n) is 2.68. The normalized spacial score (nSPS) is 20.1. The van der Waals surface area contributed by atoms with E-state index in [9.17, 15) is 4.79 Å². The fourth-order valence-corrected chi connectivity index (χ4v) is 2.68. The van der Waals surface area contributed by atoms with E-state index < -0.39 is 0 Å². The number of nitrogens with zero attached hydrogens (tertiary/aromatic N) is 1. The highest BCUT2D eigenvalue weighted by molar-refractivity contribution is 5.75. The summed E-state index contributed by atoms with van der Waals surface area (Å²) in [5.74, 6) is 0. The second-order valence-corrected chi connectivity index (χ2v) is 6.58. The van der Waals surface area contributed by atoms with Gasteiger partial charge in [-0.25, -0.2) is 4.79 Å². The Labute approximate surface area is 111 Å². The molecule has 0 unspecified atom stereocenters. The minimum atomic E-state index is -0.203. The lowest BCUT2D eigenvalue weighted by Crippen LogP contribution is -2.59. The first kappa shape index (κ1) is 15.3. The molecule has 0 aliphatic heterocycles. The van der Waals surface area contributed by atoms with Gasteiger partial charge in [0.2, 0.25) is 0 Å². The largest absolute Gasteiger partial charge is 0.333 e. The molecule has 18 heavy (non-hydrogen) atoms. The predicted octanol–water partition coefficient (Wildman–Crippen LogP) is 2.48. The first-order valence-corrected chi connectivity index (χ1v) is 7.07. The van der Waals surface area contributed by atoms with E-state index in [0.717, 1.165) is 12.8 Å². The Morgan fingerprint density at radius 3 is 2.11 bits per heavy atom. The summed E-state index contributed by atoms with van der Waals surface area (Å²) in [6, 6.07) is -0.00477. The molecule has 0 radical (unpaired) electrons. The molecule has 0 spiro atoms. The van der Waals surface area contributed by atoms with E-state index in [1.807, 2.05) is 32.7 Å². The van der Waals surface area contributed by atoms with E-state index in [1.54, 1.807) is 0 Å². The molecule has 1 saturated carbocycles. The molecule has 0 bridgehead atoms. The van der Waals surface area contributed by atoms with E-state index in [-0.39, 0.29) is 17.1 Å². The summed E-state index contributed by atoms with van der Waals surface area (Å²) >= 11 is 0. The van der Waals surface area contributed by atoms with Gasteiger partial charge in [0.15, 0.2) is 0 Å². The van der Waals surface area contributed by atoms with Gasteiger partial charge in [0.1, 0.15) is 0 Å². The number of carbonyl (C=O) groups is 1. The lowest BCUT2D eigenvalue weighted by molar-refractivity contribution is 0.119. The van der Waals surface area contributed by atoms with E-state index in [2.05, 4.69) is 5.32 Å². The lowest BCUT2D eigenvalue weighted by Gasteiger charge is -2.42. The Hall–Kier alpha value is -0.770. The molecule has 1 rings (SSSR count). The van der Waals surface area contributed by atoms with Crippen molar-refractivity contribution in [2.75, 3.05) is 13.6 Å². The second-order valence-electron chi connectivity index (χ2n) is 6.58. The minimum absolute atomic E-state index is 0.00477. The van der Waals surface area contributed by atoms with Crippen molar-refractivity contribution >= 4 is 6.03 Å². The number of carbonyl (C=O) groups excluding carboxylic acids is 1. The van der Waals surface area contributed by atoms with E-state index in [4.69, 9.17) is 5.73 Å². The zero-order chi connectivity index (χ0) is 13.8. The molecule has 4 nitrogen and oxygen atoms in total. The number of likely N-dealkylation sites (N-methyl/N-ethyl adjacent to an activating group) is 1. The van der Waals surface area contributed by atoms with Crippen LogP contribution in [-0.2, 0) is 0 Å². The maximum atomic E-state index is 12.3. The summed E-state index contributed by atoms with van der Waals surface area (Å²) in [7, 11) is 1.89. The third-order valence-corrected chi connectivity index (χ3v) is 3.91. The van der Waals surface area contributed by atoms with Gasteiger partial charge in [0, 0.05) is 19.1 Å². The van der Waals surface area contributed by atoms with Gasteiger partial charge in [-0.1, -0.05) is 25.7 Å². The molecule has 0 atom stereocenters. The van der Waals surface area contributed by atoms with Crippen molar-refractivity contribution in [2.45, 2.75) is 70.4 Å². The molecule has 0 aromatic carbocycles.